The van der Waals surface area contributed by atoms with Crippen LogP contribution in [0.15, 0.2) is 45.7 Å². The van der Waals surface area contributed by atoms with E-state index in [1.54, 1.807) is 38.1 Å². The van der Waals surface area contributed by atoms with Gasteiger partial charge in [-0.15, -0.1) is 0 Å². The van der Waals surface area contributed by atoms with Gasteiger partial charge in [0.15, 0.2) is 0 Å². The van der Waals surface area contributed by atoms with Crippen LogP contribution in [0.3, 0.4) is 0 Å². The average molecular weight is 527 g/mol. The summed E-state index contributed by atoms with van der Waals surface area (Å²) in [4.78, 5) is 23.7. The Morgan fingerprint density at radius 1 is 1.09 bits per heavy atom. The number of hydrogen-bond acceptors (Lipinski definition) is 7. The summed E-state index contributed by atoms with van der Waals surface area (Å²) in [6, 6.07) is 8.43. The lowest BCUT2D eigenvalue weighted by atomic mass is 10.1. The number of carbonyl (C=O) groups excluding carboxylic acids is 2. The van der Waals surface area contributed by atoms with Crippen molar-refractivity contribution in [1.82, 2.24) is 4.72 Å². The second-order valence-electron chi connectivity index (χ2n) is 7.29. The minimum Gasteiger partial charge on any atom is -0.468 e. The summed E-state index contributed by atoms with van der Waals surface area (Å²) in [7, 11) is -2.79. The number of anilines is 1. The number of sulfonamides is 1. The monoisotopic (exact) mass is 526 g/mol. The van der Waals surface area contributed by atoms with E-state index in [4.69, 9.17) is 13.9 Å². The van der Waals surface area contributed by atoms with Crippen LogP contribution in [0.25, 0.3) is 21.9 Å². The second kappa shape index (κ2) is 9.88. The summed E-state index contributed by atoms with van der Waals surface area (Å²) in [6.45, 7) is 3.67. The van der Waals surface area contributed by atoms with Crippen molar-refractivity contribution in [2.24, 2.45) is 5.92 Å². The summed E-state index contributed by atoms with van der Waals surface area (Å²) in [6.07, 6.45) is -0.593. The van der Waals surface area contributed by atoms with Crippen molar-refractivity contribution in [1.29, 1.82) is 0 Å². The number of nitrogens with one attached hydrogen (secondary N) is 2. The van der Waals surface area contributed by atoms with Gasteiger partial charge in [0.05, 0.1) is 12.0 Å². The molecular formula is C21H23BrN2O7S. The number of carbonyl (C=O) groups is 2. The Hall–Kier alpha value is -2.63. The molecule has 0 radical (unpaired) electrons. The first-order chi connectivity index (χ1) is 15.2. The second-order valence-corrected chi connectivity index (χ2v) is 9.79. The standard InChI is InChI=1S/C21H23BrN2O7S/c1-12(2)19(20(25)29-3)24-32(27,28)14-5-7-17-16(11-14)15-6-4-13(10-18(15)31-17)23-21(26)30-9-8-22/h4-7,10-12,19,24H,8-9H2,1-3H3,(H,23,26)/t19-/m1/s1. The number of benzene rings is 2. The molecule has 2 N–H and O–H groups in total. The van der Waals surface area contributed by atoms with Crippen molar-refractivity contribution in [2.45, 2.75) is 24.8 Å². The maximum absolute atomic E-state index is 12.9. The van der Waals surface area contributed by atoms with E-state index in [9.17, 15) is 18.0 Å². The van der Waals surface area contributed by atoms with E-state index < -0.39 is 28.1 Å². The maximum Gasteiger partial charge on any atom is 0.411 e. The van der Waals surface area contributed by atoms with E-state index in [0.717, 1.165) is 0 Å². The third kappa shape index (κ3) is 5.22. The third-order valence-corrected chi connectivity index (χ3v) is 6.48. The first-order valence-corrected chi connectivity index (χ1v) is 12.3. The normalized spacial score (nSPS) is 12.8. The summed E-state index contributed by atoms with van der Waals surface area (Å²) in [5, 5.41) is 4.38. The van der Waals surface area contributed by atoms with Crippen molar-refractivity contribution in [3.8, 4) is 0 Å². The lowest BCUT2D eigenvalue weighted by Gasteiger charge is -2.19. The predicted molar refractivity (Wildman–Crippen MR) is 123 cm³/mol. The molecule has 2 aromatic carbocycles. The molecule has 0 saturated carbocycles. The highest BCUT2D eigenvalue weighted by molar-refractivity contribution is 9.09. The number of methoxy groups -OCH3 is 1. The number of halogens is 1. The molecule has 0 aliphatic heterocycles. The molecule has 3 aromatic rings. The van der Waals surface area contributed by atoms with Crippen molar-refractivity contribution in [3.63, 3.8) is 0 Å². The fourth-order valence-corrected chi connectivity index (χ4v) is 4.63. The highest BCUT2D eigenvalue weighted by Crippen LogP contribution is 2.32. The van der Waals surface area contributed by atoms with Gasteiger partial charge in [0.25, 0.3) is 0 Å². The van der Waals surface area contributed by atoms with Crippen molar-refractivity contribution >= 4 is 65.6 Å². The number of amides is 1. The van der Waals surface area contributed by atoms with E-state index in [0.29, 0.717) is 33.0 Å². The molecule has 0 aliphatic carbocycles. The molecule has 1 amide bonds. The van der Waals surface area contributed by atoms with Gasteiger partial charge < -0.3 is 13.9 Å². The van der Waals surface area contributed by atoms with E-state index in [2.05, 4.69) is 26.0 Å². The van der Waals surface area contributed by atoms with Crippen LogP contribution in [0.5, 0.6) is 0 Å². The SMILES string of the molecule is COC(=O)[C@H](NS(=O)(=O)c1ccc2oc3cc(NC(=O)OCCBr)ccc3c2c1)C(C)C. The number of rotatable bonds is 8. The fourth-order valence-electron chi connectivity index (χ4n) is 3.10. The van der Waals surface area contributed by atoms with Gasteiger partial charge in [-0.1, -0.05) is 29.8 Å². The lowest BCUT2D eigenvalue weighted by molar-refractivity contribution is -0.143. The van der Waals surface area contributed by atoms with Crippen LogP contribution in [0, 0.1) is 5.92 Å². The molecule has 1 atom stereocenters. The van der Waals surface area contributed by atoms with Crippen LogP contribution in [0.1, 0.15) is 13.8 Å². The van der Waals surface area contributed by atoms with Crippen LogP contribution < -0.4 is 10.0 Å². The van der Waals surface area contributed by atoms with Crippen LogP contribution in [0.4, 0.5) is 10.5 Å². The molecule has 1 heterocycles. The summed E-state index contributed by atoms with van der Waals surface area (Å²) < 4.78 is 43.7. The van der Waals surface area contributed by atoms with Crippen molar-refractivity contribution in [2.75, 3.05) is 24.4 Å². The zero-order valence-electron chi connectivity index (χ0n) is 17.7. The zero-order chi connectivity index (χ0) is 23.5. The van der Waals surface area contributed by atoms with Crippen LogP contribution in [-0.4, -0.2) is 45.6 Å². The minimum atomic E-state index is -4.00. The fraction of sp³-hybridized carbons (Fsp3) is 0.333. The first kappa shape index (κ1) is 24.0. The topological polar surface area (TPSA) is 124 Å². The Labute approximate surface area is 193 Å². The van der Waals surface area contributed by atoms with Gasteiger partial charge in [0, 0.05) is 27.9 Å². The van der Waals surface area contributed by atoms with E-state index in [1.165, 1.54) is 19.2 Å². The van der Waals surface area contributed by atoms with Gasteiger partial charge in [0.2, 0.25) is 10.0 Å². The van der Waals surface area contributed by atoms with Gasteiger partial charge in [-0.25, -0.2) is 13.2 Å². The Kier molecular flexibility index (Phi) is 7.42. The average Bonchev–Trinajstić information content (AvgIpc) is 3.12. The molecule has 3 rings (SSSR count). The van der Waals surface area contributed by atoms with Crippen LogP contribution >= 0.6 is 15.9 Å². The number of hydrogen-bond donors (Lipinski definition) is 2. The summed E-state index contributed by atoms with van der Waals surface area (Å²) >= 11 is 3.18. The van der Waals surface area contributed by atoms with Gasteiger partial charge in [-0.2, -0.15) is 4.72 Å². The van der Waals surface area contributed by atoms with Gasteiger partial charge >= 0.3 is 12.1 Å². The highest BCUT2D eigenvalue weighted by atomic mass is 79.9. The Bertz CT molecular complexity index is 1250. The van der Waals surface area contributed by atoms with E-state index in [-0.39, 0.29) is 17.4 Å². The molecule has 32 heavy (non-hydrogen) atoms. The van der Waals surface area contributed by atoms with Gasteiger partial charge in [-0.05, 0) is 36.2 Å². The molecule has 0 spiro atoms. The van der Waals surface area contributed by atoms with Crippen molar-refractivity contribution < 1.29 is 31.9 Å². The molecule has 1 aromatic heterocycles. The Morgan fingerprint density at radius 3 is 2.50 bits per heavy atom. The van der Waals surface area contributed by atoms with E-state index >= 15 is 0 Å². The van der Waals surface area contributed by atoms with Gasteiger partial charge in [0.1, 0.15) is 23.8 Å². The lowest BCUT2D eigenvalue weighted by Crippen LogP contribution is -2.44. The quantitative estimate of drug-likeness (QED) is 0.335. The van der Waals surface area contributed by atoms with E-state index in [1.807, 2.05) is 0 Å². The Morgan fingerprint density at radius 2 is 1.84 bits per heavy atom. The maximum atomic E-state index is 12.9. The summed E-state index contributed by atoms with van der Waals surface area (Å²) in [5.74, 6) is -0.962. The van der Waals surface area contributed by atoms with Crippen LogP contribution in [-0.2, 0) is 24.3 Å². The smallest absolute Gasteiger partial charge is 0.411 e. The molecule has 0 bridgehead atoms. The molecule has 9 nitrogen and oxygen atoms in total. The molecule has 0 unspecified atom stereocenters. The Balaban J connectivity index is 1.93. The number of alkyl halides is 1. The molecule has 0 fully saturated rings. The number of furan rings is 1. The van der Waals surface area contributed by atoms with Gasteiger partial charge in [-0.3, -0.25) is 10.1 Å². The third-order valence-electron chi connectivity index (χ3n) is 4.71. The van der Waals surface area contributed by atoms with Crippen LogP contribution in [0.2, 0.25) is 0 Å². The minimum absolute atomic E-state index is 0.0113. The molecular weight excluding hydrogens is 504 g/mol. The summed E-state index contributed by atoms with van der Waals surface area (Å²) in [5.41, 5.74) is 1.42. The zero-order valence-corrected chi connectivity index (χ0v) is 20.1. The number of ether oxygens (including phenoxy) is 2. The number of fused-ring (bicyclic) bond motifs is 3. The molecule has 0 saturated heterocycles. The predicted octanol–water partition coefficient (Wildman–Crippen LogP) is 4.01. The largest absolute Gasteiger partial charge is 0.468 e. The van der Waals surface area contributed by atoms with Crippen molar-refractivity contribution in [3.05, 3.63) is 36.4 Å². The highest BCUT2D eigenvalue weighted by Gasteiger charge is 2.29. The molecule has 11 heteroatoms. The first-order valence-electron chi connectivity index (χ1n) is 9.72. The number of esters is 1. The molecule has 172 valence electrons. The molecule has 0 aliphatic rings.